The van der Waals surface area contributed by atoms with Gasteiger partial charge in [0.05, 0.1) is 6.04 Å². The average molecular weight is 384 g/mol. The molecule has 0 spiro atoms. The lowest BCUT2D eigenvalue weighted by Crippen LogP contribution is -2.35. The summed E-state index contributed by atoms with van der Waals surface area (Å²) in [5, 5.41) is 7.31. The van der Waals surface area contributed by atoms with Gasteiger partial charge in [-0.3, -0.25) is 9.48 Å². The number of aromatic nitrogens is 2. The minimum absolute atomic E-state index is 0.0692. The van der Waals surface area contributed by atoms with Gasteiger partial charge in [0, 0.05) is 30.9 Å². The van der Waals surface area contributed by atoms with Crippen LogP contribution in [-0.4, -0.2) is 45.4 Å². The summed E-state index contributed by atoms with van der Waals surface area (Å²) < 4.78 is 7.24. The summed E-state index contributed by atoms with van der Waals surface area (Å²) in [7, 11) is 0. The van der Waals surface area contributed by atoms with E-state index in [0.29, 0.717) is 24.5 Å². The van der Waals surface area contributed by atoms with E-state index in [1.165, 1.54) is 0 Å². The van der Waals surface area contributed by atoms with Crippen LogP contribution in [0.25, 0.3) is 0 Å². The van der Waals surface area contributed by atoms with E-state index in [0.717, 1.165) is 17.5 Å². The molecule has 1 aliphatic heterocycles. The fourth-order valence-corrected chi connectivity index (χ4v) is 3.13. The second-order valence-corrected chi connectivity index (χ2v) is 8.30. The molecule has 0 unspecified atom stereocenters. The predicted octanol–water partition coefficient (Wildman–Crippen LogP) is 3.93. The van der Waals surface area contributed by atoms with Gasteiger partial charge >= 0.3 is 6.09 Å². The highest BCUT2D eigenvalue weighted by molar-refractivity contribution is 6.03. The van der Waals surface area contributed by atoms with Gasteiger partial charge in [-0.25, -0.2) is 4.79 Å². The van der Waals surface area contributed by atoms with E-state index < -0.39 is 5.60 Å². The van der Waals surface area contributed by atoms with Crippen molar-refractivity contribution in [3.05, 3.63) is 47.2 Å². The number of nitrogens with one attached hydrogen (secondary N) is 1. The van der Waals surface area contributed by atoms with E-state index in [9.17, 15) is 9.59 Å². The predicted molar refractivity (Wildman–Crippen MR) is 108 cm³/mol. The maximum Gasteiger partial charge on any atom is 0.410 e. The van der Waals surface area contributed by atoms with Crippen LogP contribution in [0, 0.1) is 13.8 Å². The van der Waals surface area contributed by atoms with Crippen molar-refractivity contribution in [3.8, 4) is 0 Å². The molecular weight excluding hydrogens is 356 g/mol. The summed E-state index contributed by atoms with van der Waals surface area (Å²) in [5.41, 5.74) is 2.32. The average Bonchev–Trinajstić information content (AvgIpc) is 3.24. The monoisotopic (exact) mass is 384 g/mol. The molecule has 1 atom stereocenters. The largest absolute Gasteiger partial charge is 0.444 e. The molecule has 1 saturated heterocycles. The number of likely N-dealkylation sites (tertiary alicyclic amines) is 1. The van der Waals surface area contributed by atoms with Crippen molar-refractivity contribution in [2.45, 2.75) is 52.7 Å². The number of amides is 2. The molecule has 1 aromatic heterocycles. The zero-order chi connectivity index (χ0) is 20.5. The first kappa shape index (κ1) is 19.9. The molecule has 150 valence electrons. The molecule has 0 saturated carbocycles. The first-order valence-corrected chi connectivity index (χ1v) is 9.54. The third kappa shape index (κ3) is 4.71. The van der Waals surface area contributed by atoms with Crippen molar-refractivity contribution in [2.75, 3.05) is 18.4 Å². The number of anilines is 1. The van der Waals surface area contributed by atoms with Crippen LogP contribution in [0.2, 0.25) is 0 Å². The van der Waals surface area contributed by atoms with E-state index in [1.807, 2.05) is 59.0 Å². The highest BCUT2D eigenvalue weighted by atomic mass is 16.6. The Morgan fingerprint density at radius 2 is 1.93 bits per heavy atom. The summed E-state index contributed by atoms with van der Waals surface area (Å²) in [6, 6.07) is 7.46. The van der Waals surface area contributed by atoms with Crippen LogP contribution in [0.5, 0.6) is 0 Å². The number of ether oxygens (including phenoxy) is 1. The van der Waals surface area contributed by atoms with E-state index in [4.69, 9.17) is 4.74 Å². The Bertz CT molecular complexity index is 882. The molecule has 1 fully saturated rings. The highest BCUT2D eigenvalue weighted by Gasteiger charge is 2.31. The van der Waals surface area contributed by atoms with Gasteiger partial charge in [0.2, 0.25) is 0 Å². The van der Waals surface area contributed by atoms with Crippen molar-refractivity contribution in [2.24, 2.45) is 0 Å². The van der Waals surface area contributed by atoms with Crippen molar-refractivity contribution < 1.29 is 14.3 Å². The lowest BCUT2D eigenvalue weighted by Gasteiger charge is -2.24. The molecular formula is C21H28N4O3. The molecule has 0 bridgehead atoms. The Kier molecular flexibility index (Phi) is 5.45. The summed E-state index contributed by atoms with van der Waals surface area (Å²) in [6.07, 6.45) is 2.33. The summed E-state index contributed by atoms with van der Waals surface area (Å²) >= 11 is 0. The Hall–Kier alpha value is -2.83. The third-order valence-corrected chi connectivity index (χ3v) is 4.81. The van der Waals surface area contributed by atoms with E-state index in [1.54, 1.807) is 15.6 Å². The highest BCUT2D eigenvalue weighted by Crippen LogP contribution is 2.24. The van der Waals surface area contributed by atoms with Crippen LogP contribution in [0.1, 0.15) is 54.7 Å². The number of benzene rings is 1. The molecule has 1 N–H and O–H groups in total. The van der Waals surface area contributed by atoms with Gasteiger partial charge in [0.15, 0.2) is 5.82 Å². The number of carbonyl (C=O) groups is 2. The molecule has 1 aromatic carbocycles. The zero-order valence-electron chi connectivity index (χ0n) is 17.2. The maximum atomic E-state index is 12.5. The topological polar surface area (TPSA) is 76.5 Å². The minimum atomic E-state index is -0.507. The molecule has 2 aromatic rings. The first-order chi connectivity index (χ1) is 13.1. The van der Waals surface area contributed by atoms with Crippen molar-refractivity contribution >= 4 is 17.8 Å². The van der Waals surface area contributed by atoms with Crippen LogP contribution >= 0.6 is 0 Å². The van der Waals surface area contributed by atoms with Gasteiger partial charge in [-0.15, -0.1) is 0 Å². The SMILES string of the molecule is Cc1ccc(C(=O)Nc2ccn([C@@H]3CCN(C(=O)OC(C)(C)C)C3)n2)cc1C. The fraction of sp³-hybridized carbons (Fsp3) is 0.476. The number of aryl methyl sites for hydroxylation is 2. The van der Waals surface area contributed by atoms with Crippen LogP contribution in [-0.2, 0) is 4.74 Å². The lowest BCUT2D eigenvalue weighted by atomic mass is 10.1. The van der Waals surface area contributed by atoms with Crippen molar-refractivity contribution in [1.82, 2.24) is 14.7 Å². The number of carbonyl (C=O) groups excluding carboxylic acids is 2. The van der Waals surface area contributed by atoms with Gasteiger partial charge in [0.1, 0.15) is 5.60 Å². The molecule has 7 nitrogen and oxygen atoms in total. The molecule has 3 rings (SSSR count). The second-order valence-electron chi connectivity index (χ2n) is 8.30. The second kappa shape index (κ2) is 7.66. The zero-order valence-corrected chi connectivity index (χ0v) is 17.2. The Morgan fingerprint density at radius 1 is 1.18 bits per heavy atom. The van der Waals surface area contributed by atoms with Gasteiger partial charge in [-0.1, -0.05) is 6.07 Å². The summed E-state index contributed by atoms with van der Waals surface area (Å²) in [5.74, 6) is 0.314. The molecule has 1 aliphatic rings. The molecule has 2 amide bonds. The minimum Gasteiger partial charge on any atom is -0.444 e. The van der Waals surface area contributed by atoms with Crippen LogP contribution in [0.4, 0.5) is 10.6 Å². The number of nitrogens with zero attached hydrogens (tertiary/aromatic N) is 3. The van der Waals surface area contributed by atoms with E-state index in [2.05, 4.69) is 10.4 Å². The molecule has 28 heavy (non-hydrogen) atoms. The Morgan fingerprint density at radius 3 is 2.61 bits per heavy atom. The van der Waals surface area contributed by atoms with Gasteiger partial charge in [-0.05, 0) is 64.3 Å². The van der Waals surface area contributed by atoms with Gasteiger partial charge in [0.25, 0.3) is 5.91 Å². The molecule has 0 radical (unpaired) electrons. The van der Waals surface area contributed by atoms with Crippen LogP contribution in [0.15, 0.2) is 30.5 Å². The maximum absolute atomic E-state index is 12.5. The number of hydrogen-bond donors (Lipinski definition) is 1. The lowest BCUT2D eigenvalue weighted by molar-refractivity contribution is 0.0288. The Labute approximate surface area is 165 Å². The van der Waals surface area contributed by atoms with E-state index in [-0.39, 0.29) is 18.0 Å². The van der Waals surface area contributed by atoms with Crippen molar-refractivity contribution in [1.29, 1.82) is 0 Å². The third-order valence-electron chi connectivity index (χ3n) is 4.81. The summed E-state index contributed by atoms with van der Waals surface area (Å²) in [4.78, 5) is 26.4. The molecule has 7 heteroatoms. The van der Waals surface area contributed by atoms with Gasteiger partial charge in [-0.2, -0.15) is 5.10 Å². The fourth-order valence-electron chi connectivity index (χ4n) is 3.13. The standard InChI is InChI=1S/C21H28N4O3/c1-14-6-7-16(12-15(14)2)19(26)22-18-9-11-25(23-18)17-8-10-24(13-17)20(27)28-21(3,4)5/h6-7,9,11-12,17H,8,10,13H2,1-5H3,(H,22,23,26)/t17-/m1/s1. The van der Waals surface area contributed by atoms with Gasteiger partial charge < -0.3 is 15.0 Å². The normalized spacial score (nSPS) is 16.9. The van der Waals surface area contributed by atoms with Crippen molar-refractivity contribution in [3.63, 3.8) is 0 Å². The van der Waals surface area contributed by atoms with Crippen LogP contribution < -0.4 is 5.32 Å². The molecule has 0 aliphatic carbocycles. The number of rotatable bonds is 3. The molecule has 2 heterocycles. The number of hydrogen-bond acceptors (Lipinski definition) is 4. The van der Waals surface area contributed by atoms with E-state index >= 15 is 0 Å². The smallest absolute Gasteiger partial charge is 0.410 e. The van der Waals surface area contributed by atoms with Crippen LogP contribution in [0.3, 0.4) is 0 Å². The Balaban J connectivity index is 1.60. The quantitative estimate of drug-likeness (QED) is 0.870. The first-order valence-electron chi connectivity index (χ1n) is 9.54. The summed E-state index contributed by atoms with van der Waals surface area (Å²) in [6.45, 7) is 10.7.